The third-order valence-corrected chi connectivity index (χ3v) is 4.39. The van der Waals surface area contributed by atoms with Crippen LogP contribution in [0.2, 0.25) is 0 Å². The highest BCUT2D eigenvalue weighted by Gasteiger charge is 2.16. The molecular weight excluding hydrogens is 338 g/mol. The number of rotatable bonds is 6. The van der Waals surface area contributed by atoms with Crippen molar-refractivity contribution in [1.29, 1.82) is 0 Å². The number of amides is 1. The van der Waals surface area contributed by atoms with Gasteiger partial charge in [0.25, 0.3) is 5.91 Å². The van der Waals surface area contributed by atoms with E-state index < -0.39 is 12.5 Å². The van der Waals surface area contributed by atoms with Crippen LogP contribution in [-0.4, -0.2) is 30.5 Å². The van der Waals surface area contributed by atoms with Gasteiger partial charge >= 0.3 is 6.61 Å². The fourth-order valence-corrected chi connectivity index (χ4v) is 3.17. The third kappa shape index (κ3) is 5.02. The molecule has 1 amide bonds. The summed E-state index contributed by atoms with van der Waals surface area (Å²) in [6, 6.07) is 13.6. The Labute approximate surface area is 151 Å². The lowest BCUT2D eigenvalue weighted by Crippen LogP contribution is -2.29. The maximum absolute atomic E-state index is 12.5. The van der Waals surface area contributed by atoms with Crippen molar-refractivity contribution < 1.29 is 18.3 Å². The smallest absolute Gasteiger partial charge is 0.387 e. The summed E-state index contributed by atoms with van der Waals surface area (Å²) in [5, 5.41) is 2.77. The number of alkyl halides is 2. The molecule has 1 fully saturated rings. The molecule has 3 rings (SSSR count). The van der Waals surface area contributed by atoms with Gasteiger partial charge in [0, 0.05) is 12.2 Å². The van der Waals surface area contributed by atoms with Gasteiger partial charge in [-0.3, -0.25) is 9.69 Å². The second-order valence-corrected chi connectivity index (χ2v) is 6.37. The third-order valence-electron chi connectivity index (χ3n) is 4.39. The Balaban J connectivity index is 1.69. The van der Waals surface area contributed by atoms with Crippen LogP contribution in [-0.2, 0) is 6.54 Å². The molecule has 0 aromatic heterocycles. The van der Waals surface area contributed by atoms with Gasteiger partial charge in [-0.05, 0) is 55.8 Å². The number of para-hydroxylation sites is 1. The van der Waals surface area contributed by atoms with Crippen LogP contribution in [0.4, 0.5) is 14.5 Å². The minimum absolute atomic E-state index is 0.0780. The van der Waals surface area contributed by atoms with Gasteiger partial charge in [-0.2, -0.15) is 8.78 Å². The van der Waals surface area contributed by atoms with E-state index in [1.807, 2.05) is 18.2 Å². The van der Waals surface area contributed by atoms with Crippen molar-refractivity contribution in [2.45, 2.75) is 32.4 Å². The van der Waals surface area contributed by atoms with E-state index in [-0.39, 0.29) is 11.3 Å². The number of hydrogen-bond donors (Lipinski definition) is 1. The normalized spacial score (nSPS) is 15.0. The van der Waals surface area contributed by atoms with Crippen molar-refractivity contribution in [3.05, 3.63) is 59.7 Å². The molecule has 0 bridgehead atoms. The maximum Gasteiger partial charge on any atom is 0.387 e. The number of ether oxygens (including phenoxy) is 1. The summed E-state index contributed by atoms with van der Waals surface area (Å²) in [6.45, 7) is 0.0513. The zero-order chi connectivity index (χ0) is 18.4. The molecule has 1 heterocycles. The van der Waals surface area contributed by atoms with Gasteiger partial charge in [0.15, 0.2) is 0 Å². The van der Waals surface area contributed by atoms with E-state index in [2.05, 4.69) is 15.0 Å². The number of benzene rings is 2. The standard InChI is InChI=1S/C20H22F2N2O2/c21-20(22)26-18-10-3-2-9-17(18)19(25)23-16-8-6-7-15(13-16)14-24-11-4-1-5-12-24/h2-3,6-10,13,20H,1,4-5,11-12,14H2,(H,23,25). The SMILES string of the molecule is O=C(Nc1cccc(CN2CCCCC2)c1)c1ccccc1OC(F)F. The highest BCUT2D eigenvalue weighted by Crippen LogP contribution is 2.22. The summed E-state index contributed by atoms with van der Waals surface area (Å²) in [7, 11) is 0. The quantitative estimate of drug-likeness (QED) is 0.823. The Kier molecular flexibility index (Phi) is 6.17. The molecule has 0 saturated carbocycles. The van der Waals surface area contributed by atoms with Crippen molar-refractivity contribution in [2.75, 3.05) is 18.4 Å². The topological polar surface area (TPSA) is 41.6 Å². The van der Waals surface area contributed by atoms with Crippen LogP contribution in [0.25, 0.3) is 0 Å². The molecule has 0 unspecified atom stereocenters. The van der Waals surface area contributed by atoms with E-state index in [9.17, 15) is 13.6 Å². The number of likely N-dealkylation sites (tertiary alicyclic amines) is 1. The summed E-state index contributed by atoms with van der Waals surface area (Å²) < 4.78 is 29.4. The lowest BCUT2D eigenvalue weighted by molar-refractivity contribution is -0.0501. The first-order chi connectivity index (χ1) is 12.6. The van der Waals surface area contributed by atoms with Crippen molar-refractivity contribution in [3.8, 4) is 5.75 Å². The van der Waals surface area contributed by atoms with Gasteiger partial charge in [0.1, 0.15) is 5.75 Å². The summed E-state index contributed by atoms with van der Waals surface area (Å²) in [4.78, 5) is 14.9. The minimum Gasteiger partial charge on any atom is -0.434 e. The van der Waals surface area contributed by atoms with Crippen LogP contribution in [0.15, 0.2) is 48.5 Å². The highest BCUT2D eigenvalue weighted by molar-refractivity contribution is 6.06. The first-order valence-electron chi connectivity index (χ1n) is 8.78. The van der Waals surface area contributed by atoms with E-state index >= 15 is 0 Å². The average molecular weight is 360 g/mol. The molecule has 0 atom stereocenters. The molecule has 4 nitrogen and oxygen atoms in total. The van der Waals surface area contributed by atoms with Gasteiger partial charge < -0.3 is 10.1 Å². The van der Waals surface area contributed by atoms with Crippen LogP contribution >= 0.6 is 0 Å². The molecule has 1 aliphatic heterocycles. The second kappa shape index (κ2) is 8.76. The lowest BCUT2D eigenvalue weighted by atomic mass is 10.1. The first-order valence-corrected chi connectivity index (χ1v) is 8.78. The number of carbonyl (C=O) groups excluding carboxylic acids is 1. The van der Waals surface area contributed by atoms with Crippen LogP contribution in [0.5, 0.6) is 5.75 Å². The molecule has 2 aromatic rings. The van der Waals surface area contributed by atoms with Gasteiger partial charge in [-0.15, -0.1) is 0 Å². The number of carbonyl (C=O) groups is 1. The van der Waals surface area contributed by atoms with Gasteiger partial charge in [0.05, 0.1) is 5.56 Å². The molecule has 1 N–H and O–H groups in total. The van der Waals surface area contributed by atoms with Gasteiger partial charge in [0.2, 0.25) is 0 Å². The molecule has 138 valence electrons. The van der Waals surface area contributed by atoms with E-state index in [1.54, 1.807) is 18.2 Å². The highest BCUT2D eigenvalue weighted by atomic mass is 19.3. The Bertz CT molecular complexity index is 746. The molecule has 0 radical (unpaired) electrons. The zero-order valence-electron chi connectivity index (χ0n) is 14.5. The Morgan fingerprint density at radius 3 is 2.62 bits per heavy atom. The fourth-order valence-electron chi connectivity index (χ4n) is 3.17. The molecular formula is C20H22F2N2O2. The van der Waals surface area contributed by atoms with E-state index in [0.717, 1.165) is 25.2 Å². The number of anilines is 1. The Hall–Kier alpha value is -2.47. The van der Waals surface area contributed by atoms with Crippen LogP contribution < -0.4 is 10.1 Å². The van der Waals surface area contributed by atoms with Crippen molar-refractivity contribution >= 4 is 11.6 Å². The molecule has 26 heavy (non-hydrogen) atoms. The maximum atomic E-state index is 12.5. The summed E-state index contributed by atoms with van der Waals surface area (Å²) in [6.07, 6.45) is 3.72. The lowest BCUT2D eigenvalue weighted by Gasteiger charge is -2.26. The number of nitrogens with one attached hydrogen (secondary N) is 1. The second-order valence-electron chi connectivity index (χ2n) is 6.37. The molecule has 0 spiro atoms. The summed E-state index contributed by atoms with van der Waals surface area (Å²) in [5.74, 6) is -0.610. The average Bonchev–Trinajstić information content (AvgIpc) is 2.63. The molecule has 0 aliphatic carbocycles. The predicted octanol–water partition coefficient (Wildman–Crippen LogP) is 4.53. The monoisotopic (exact) mass is 360 g/mol. The van der Waals surface area contributed by atoms with Crippen LogP contribution in [0.1, 0.15) is 35.2 Å². The fraction of sp³-hybridized carbons (Fsp3) is 0.350. The Morgan fingerprint density at radius 2 is 1.85 bits per heavy atom. The molecule has 6 heteroatoms. The first kappa shape index (κ1) is 18.3. The number of hydrogen-bond acceptors (Lipinski definition) is 3. The van der Waals surface area contributed by atoms with Gasteiger partial charge in [-0.25, -0.2) is 0 Å². The van der Waals surface area contributed by atoms with E-state index in [1.165, 1.54) is 31.4 Å². The number of halogens is 2. The number of nitrogens with zero attached hydrogens (tertiary/aromatic N) is 1. The number of piperidine rings is 1. The Morgan fingerprint density at radius 1 is 1.08 bits per heavy atom. The molecule has 1 saturated heterocycles. The van der Waals surface area contributed by atoms with Gasteiger partial charge in [-0.1, -0.05) is 30.7 Å². The molecule has 1 aliphatic rings. The zero-order valence-corrected chi connectivity index (χ0v) is 14.5. The van der Waals surface area contributed by atoms with Crippen molar-refractivity contribution in [1.82, 2.24) is 4.90 Å². The minimum atomic E-state index is -2.98. The molecule has 2 aromatic carbocycles. The largest absolute Gasteiger partial charge is 0.434 e. The van der Waals surface area contributed by atoms with Crippen LogP contribution in [0.3, 0.4) is 0 Å². The van der Waals surface area contributed by atoms with Crippen molar-refractivity contribution in [3.63, 3.8) is 0 Å². The van der Waals surface area contributed by atoms with E-state index in [4.69, 9.17) is 0 Å². The van der Waals surface area contributed by atoms with E-state index in [0.29, 0.717) is 5.69 Å². The van der Waals surface area contributed by atoms with Crippen molar-refractivity contribution in [2.24, 2.45) is 0 Å². The summed E-state index contributed by atoms with van der Waals surface area (Å²) >= 11 is 0. The summed E-state index contributed by atoms with van der Waals surface area (Å²) in [5.41, 5.74) is 1.83. The predicted molar refractivity (Wildman–Crippen MR) is 96.6 cm³/mol. The van der Waals surface area contributed by atoms with Crippen LogP contribution in [0, 0.1) is 0 Å².